The van der Waals surface area contributed by atoms with Gasteiger partial charge in [0.05, 0.1) is 32.1 Å². The molecule has 31 heavy (non-hydrogen) atoms. The Morgan fingerprint density at radius 3 is 2.39 bits per heavy atom. The predicted molar refractivity (Wildman–Crippen MR) is 125 cm³/mol. The van der Waals surface area contributed by atoms with Crippen molar-refractivity contribution in [1.82, 2.24) is 4.90 Å². The first-order chi connectivity index (χ1) is 15.2. The highest BCUT2D eigenvalue weighted by atomic mass is 32.2. The molecule has 0 spiro atoms. The van der Waals surface area contributed by atoms with Gasteiger partial charge in [0, 0.05) is 5.92 Å². The number of aliphatic imine (C=N–C) groups is 1. The number of nitrogens with zero attached hydrogens (tertiary/aromatic N) is 2. The molecule has 3 atom stereocenters. The molecule has 1 saturated heterocycles. The van der Waals surface area contributed by atoms with Gasteiger partial charge in [0.25, 0.3) is 0 Å². The molecule has 1 aliphatic carbocycles. The molecule has 0 N–H and O–H groups in total. The van der Waals surface area contributed by atoms with Crippen molar-refractivity contribution in [3.8, 4) is 11.5 Å². The second kappa shape index (κ2) is 8.42. The van der Waals surface area contributed by atoms with Crippen LogP contribution in [0.1, 0.15) is 36.4 Å². The van der Waals surface area contributed by atoms with Gasteiger partial charge in [0.2, 0.25) is 5.91 Å². The van der Waals surface area contributed by atoms with Crippen molar-refractivity contribution in [2.75, 3.05) is 20.0 Å². The quantitative estimate of drug-likeness (QED) is 0.684. The van der Waals surface area contributed by atoms with Crippen LogP contribution in [-0.4, -0.2) is 42.0 Å². The van der Waals surface area contributed by atoms with Gasteiger partial charge >= 0.3 is 0 Å². The first-order valence-electron chi connectivity index (χ1n) is 10.7. The van der Waals surface area contributed by atoms with E-state index in [2.05, 4.69) is 30.3 Å². The van der Waals surface area contributed by atoms with Gasteiger partial charge in [-0.1, -0.05) is 42.1 Å². The van der Waals surface area contributed by atoms with Crippen molar-refractivity contribution >= 4 is 28.9 Å². The molecule has 1 saturated carbocycles. The van der Waals surface area contributed by atoms with E-state index < -0.39 is 0 Å². The Labute approximate surface area is 187 Å². The van der Waals surface area contributed by atoms with Gasteiger partial charge in [0.1, 0.15) is 11.5 Å². The van der Waals surface area contributed by atoms with Crippen LogP contribution in [0.25, 0.3) is 6.08 Å². The van der Waals surface area contributed by atoms with Crippen LogP contribution in [0.3, 0.4) is 0 Å². The number of methoxy groups -OCH3 is 2. The fourth-order valence-corrected chi connectivity index (χ4v) is 5.89. The molecular formula is C25H26N2O3S. The van der Waals surface area contributed by atoms with Gasteiger partial charge in [0.15, 0.2) is 5.17 Å². The van der Waals surface area contributed by atoms with E-state index in [1.165, 1.54) is 5.57 Å². The fourth-order valence-electron chi connectivity index (χ4n) is 4.96. The van der Waals surface area contributed by atoms with Crippen molar-refractivity contribution in [1.29, 1.82) is 0 Å². The van der Waals surface area contributed by atoms with Crippen LogP contribution in [0.5, 0.6) is 11.5 Å². The Balaban J connectivity index is 1.54. The number of amidine groups is 1. The maximum atomic E-state index is 12.8. The Bertz CT molecular complexity index is 1030. The maximum absolute atomic E-state index is 12.8. The minimum atomic E-state index is 0.0190. The van der Waals surface area contributed by atoms with Gasteiger partial charge in [-0.25, -0.2) is 0 Å². The van der Waals surface area contributed by atoms with Gasteiger partial charge in [-0.3, -0.25) is 14.7 Å². The zero-order chi connectivity index (χ0) is 21.4. The molecule has 3 aliphatic rings. The monoisotopic (exact) mass is 434 g/mol. The third kappa shape index (κ3) is 3.74. The number of carbonyl (C=O) groups excluding carboxylic acids is 1. The largest absolute Gasteiger partial charge is 0.497 e. The SMILES string of the molecule is COc1ccc(/C=C2\CCCC3C2N=C2SCC(=O)N2C3c2ccc(OC)cc2)cc1. The van der Waals surface area contributed by atoms with Crippen LogP contribution in [-0.2, 0) is 4.79 Å². The molecule has 5 nitrogen and oxygen atoms in total. The Hall–Kier alpha value is -2.73. The minimum absolute atomic E-state index is 0.0190. The fraction of sp³-hybridized carbons (Fsp3) is 0.360. The van der Waals surface area contributed by atoms with E-state index in [4.69, 9.17) is 14.5 Å². The van der Waals surface area contributed by atoms with Gasteiger partial charge in [-0.15, -0.1) is 0 Å². The number of hydrogen-bond acceptors (Lipinski definition) is 5. The van der Waals surface area contributed by atoms with Crippen molar-refractivity contribution < 1.29 is 14.3 Å². The number of thioether (sulfide) groups is 1. The highest BCUT2D eigenvalue weighted by Gasteiger charge is 2.47. The lowest BCUT2D eigenvalue weighted by atomic mass is 9.73. The average Bonchev–Trinajstić information content (AvgIpc) is 3.19. The van der Waals surface area contributed by atoms with Gasteiger partial charge in [-0.2, -0.15) is 0 Å². The van der Waals surface area contributed by atoms with Crippen LogP contribution < -0.4 is 9.47 Å². The van der Waals surface area contributed by atoms with E-state index in [-0.39, 0.29) is 23.9 Å². The molecule has 0 radical (unpaired) electrons. The van der Waals surface area contributed by atoms with Crippen LogP contribution >= 0.6 is 11.8 Å². The zero-order valence-corrected chi connectivity index (χ0v) is 18.6. The molecule has 2 aromatic rings. The first-order valence-corrected chi connectivity index (χ1v) is 11.7. The number of benzene rings is 2. The van der Waals surface area contributed by atoms with Gasteiger partial charge in [-0.05, 0) is 60.2 Å². The molecule has 0 bridgehead atoms. The van der Waals surface area contributed by atoms with Crippen molar-refractivity contribution in [2.24, 2.45) is 10.9 Å². The van der Waals surface area contributed by atoms with E-state index >= 15 is 0 Å². The lowest BCUT2D eigenvalue weighted by molar-refractivity contribution is -0.127. The molecule has 160 valence electrons. The Morgan fingerprint density at radius 1 is 1.03 bits per heavy atom. The molecule has 2 fully saturated rings. The standard InChI is InChI=1S/C25H26N2O3S/c1-29-19-10-6-16(7-11-19)14-18-4-3-5-21-23(18)26-25-27(22(28)15-31-25)24(21)17-8-12-20(30-2)13-9-17/h6-14,21,23-24H,3-5,15H2,1-2H3/b18-14+. The van der Waals surface area contributed by atoms with E-state index in [0.717, 1.165) is 47.1 Å². The van der Waals surface area contributed by atoms with Crippen molar-refractivity contribution in [3.05, 3.63) is 65.2 Å². The highest BCUT2D eigenvalue weighted by Crippen LogP contribution is 2.48. The molecule has 3 unspecified atom stereocenters. The summed E-state index contributed by atoms with van der Waals surface area (Å²) >= 11 is 1.57. The van der Waals surface area contributed by atoms with Crippen molar-refractivity contribution in [2.45, 2.75) is 31.3 Å². The lowest BCUT2D eigenvalue weighted by Crippen LogP contribution is -2.47. The Morgan fingerprint density at radius 2 is 1.71 bits per heavy atom. The average molecular weight is 435 g/mol. The van der Waals surface area contributed by atoms with Crippen LogP contribution in [0.2, 0.25) is 0 Å². The second-order valence-corrected chi connectivity index (χ2v) is 9.12. The van der Waals surface area contributed by atoms with E-state index in [9.17, 15) is 4.79 Å². The summed E-state index contributed by atoms with van der Waals surface area (Å²) < 4.78 is 10.6. The Kier molecular flexibility index (Phi) is 5.48. The highest BCUT2D eigenvalue weighted by molar-refractivity contribution is 8.15. The molecule has 6 heteroatoms. The summed E-state index contributed by atoms with van der Waals surface area (Å²) in [6, 6.07) is 16.5. The number of ether oxygens (including phenoxy) is 2. The zero-order valence-electron chi connectivity index (χ0n) is 17.8. The maximum Gasteiger partial charge on any atom is 0.239 e. The van der Waals surface area contributed by atoms with Crippen LogP contribution in [0.15, 0.2) is 59.1 Å². The minimum Gasteiger partial charge on any atom is -0.497 e. The number of rotatable bonds is 4. The molecule has 2 aliphatic heterocycles. The first kappa shape index (κ1) is 20.2. The number of amides is 1. The summed E-state index contributed by atoms with van der Waals surface area (Å²) in [6.07, 6.45) is 5.49. The lowest BCUT2D eigenvalue weighted by Gasteiger charge is -2.44. The normalized spacial score (nSPS) is 26.3. The molecule has 2 heterocycles. The predicted octanol–water partition coefficient (Wildman–Crippen LogP) is 4.94. The second-order valence-electron chi connectivity index (χ2n) is 8.18. The number of hydrogen-bond donors (Lipinski definition) is 0. The van der Waals surface area contributed by atoms with Gasteiger partial charge < -0.3 is 9.47 Å². The van der Waals surface area contributed by atoms with Crippen molar-refractivity contribution in [3.63, 3.8) is 0 Å². The summed E-state index contributed by atoms with van der Waals surface area (Å²) in [5.41, 5.74) is 3.67. The number of carbonyl (C=O) groups is 1. The smallest absolute Gasteiger partial charge is 0.239 e. The molecular weight excluding hydrogens is 408 g/mol. The summed E-state index contributed by atoms with van der Waals surface area (Å²) in [4.78, 5) is 19.8. The van der Waals surface area contributed by atoms with E-state index in [1.54, 1.807) is 26.0 Å². The molecule has 2 aromatic carbocycles. The third-order valence-electron chi connectivity index (χ3n) is 6.45. The van der Waals surface area contributed by atoms with E-state index in [0.29, 0.717) is 5.75 Å². The summed E-state index contributed by atoms with van der Waals surface area (Å²) in [6.45, 7) is 0. The van der Waals surface area contributed by atoms with Crippen LogP contribution in [0, 0.1) is 5.92 Å². The summed E-state index contributed by atoms with van der Waals surface area (Å²) in [7, 11) is 3.36. The third-order valence-corrected chi connectivity index (χ3v) is 7.40. The molecule has 1 amide bonds. The number of fused-ring (bicyclic) bond motifs is 2. The van der Waals surface area contributed by atoms with E-state index in [1.807, 2.05) is 29.2 Å². The molecule has 5 rings (SSSR count). The van der Waals surface area contributed by atoms with Crippen LogP contribution in [0.4, 0.5) is 0 Å². The molecule has 0 aromatic heterocycles. The summed E-state index contributed by atoms with van der Waals surface area (Å²) in [5, 5.41) is 0.870. The topological polar surface area (TPSA) is 51.1 Å². The summed E-state index contributed by atoms with van der Waals surface area (Å²) in [5.74, 6) is 2.60.